The standard InChI is InChI=1S/C12H16O2/c1-3-5-7-8-10-11(12(13)14)9-6-4-2/h3-9H,10H2,1-2H3,(H,13,14). The molecule has 0 unspecified atom stereocenters. The van der Waals surface area contributed by atoms with Crippen LogP contribution in [0.5, 0.6) is 0 Å². The van der Waals surface area contributed by atoms with Crippen molar-refractivity contribution in [3.63, 3.8) is 0 Å². The minimum absolute atomic E-state index is 0.392. The largest absolute Gasteiger partial charge is 0.478 e. The fraction of sp³-hybridized carbons (Fsp3) is 0.250. The molecule has 2 heteroatoms. The van der Waals surface area contributed by atoms with Crippen molar-refractivity contribution in [2.45, 2.75) is 20.3 Å². The first-order chi connectivity index (χ1) is 6.72. The van der Waals surface area contributed by atoms with Crippen LogP contribution in [-0.4, -0.2) is 11.1 Å². The Labute approximate surface area is 85.0 Å². The molecular formula is C12H16O2. The van der Waals surface area contributed by atoms with Crippen LogP contribution in [0.3, 0.4) is 0 Å². The van der Waals surface area contributed by atoms with E-state index in [9.17, 15) is 4.79 Å². The average Bonchev–Trinajstić information content (AvgIpc) is 2.16. The maximum Gasteiger partial charge on any atom is 0.331 e. The lowest BCUT2D eigenvalue weighted by atomic mass is 10.1. The molecule has 0 fully saturated rings. The molecule has 14 heavy (non-hydrogen) atoms. The lowest BCUT2D eigenvalue weighted by molar-refractivity contribution is -0.132. The number of hydrogen-bond acceptors (Lipinski definition) is 1. The summed E-state index contributed by atoms with van der Waals surface area (Å²) in [5.74, 6) is -0.867. The predicted octanol–water partition coefficient (Wildman–Crippen LogP) is 3.10. The number of carbonyl (C=O) groups is 1. The fourth-order valence-electron chi connectivity index (χ4n) is 0.824. The Morgan fingerprint density at radius 3 is 2.29 bits per heavy atom. The molecule has 0 aromatic carbocycles. The van der Waals surface area contributed by atoms with Crippen molar-refractivity contribution in [3.05, 3.63) is 48.1 Å². The van der Waals surface area contributed by atoms with Gasteiger partial charge in [-0.3, -0.25) is 0 Å². The Bertz CT molecular complexity index is 281. The molecule has 0 radical (unpaired) electrons. The van der Waals surface area contributed by atoms with E-state index in [-0.39, 0.29) is 0 Å². The monoisotopic (exact) mass is 192 g/mol. The molecule has 76 valence electrons. The van der Waals surface area contributed by atoms with Gasteiger partial charge in [0.2, 0.25) is 0 Å². The maximum absolute atomic E-state index is 10.7. The van der Waals surface area contributed by atoms with Gasteiger partial charge >= 0.3 is 5.97 Å². The molecule has 0 bridgehead atoms. The smallest absolute Gasteiger partial charge is 0.331 e. The summed E-state index contributed by atoms with van der Waals surface area (Å²) in [7, 11) is 0. The molecule has 0 aliphatic carbocycles. The van der Waals surface area contributed by atoms with Gasteiger partial charge in [-0.15, -0.1) is 0 Å². The Morgan fingerprint density at radius 1 is 1.14 bits per heavy atom. The Balaban J connectivity index is 4.32. The molecule has 0 aliphatic heterocycles. The summed E-state index contributed by atoms with van der Waals surface area (Å²) < 4.78 is 0. The van der Waals surface area contributed by atoms with E-state index >= 15 is 0 Å². The number of rotatable bonds is 5. The van der Waals surface area contributed by atoms with E-state index in [0.717, 1.165) is 0 Å². The van der Waals surface area contributed by atoms with Crippen LogP contribution in [-0.2, 0) is 4.79 Å². The van der Waals surface area contributed by atoms with E-state index in [2.05, 4.69) is 0 Å². The van der Waals surface area contributed by atoms with Gasteiger partial charge in [0.25, 0.3) is 0 Å². The van der Waals surface area contributed by atoms with Gasteiger partial charge in [-0.25, -0.2) is 4.79 Å². The molecular weight excluding hydrogens is 176 g/mol. The van der Waals surface area contributed by atoms with Gasteiger partial charge in [-0.2, -0.15) is 0 Å². The van der Waals surface area contributed by atoms with Gasteiger partial charge in [0.05, 0.1) is 0 Å². The van der Waals surface area contributed by atoms with Gasteiger partial charge in [0, 0.05) is 5.57 Å². The summed E-state index contributed by atoms with van der Waals surface area (Å²) in [4.78, 5) is 10.7. The molecule has 0 spiro atoms. The van der Waals surface area contributed by atoms with Gasteiger partial charge in [-0.05, 0) is 20.3 Å². The summed E-state index contributed by atoms with van der Waals surface area (Å²) in [6.07, 6.45) is 13.0. The van der Waals surface area contributed by atoms with Crippen LogP contribution in [0.15, 0.2) is 48.1 Å². The van der Waals surface area contributed by atoms with Crippen LogP contribution < -0.4 is 0 Å². The van der Waals surface area contributed by atoms with Gasteiger partial charge in [0.15, 0.2) is 0 Å². The summed E-state index contributed by atoms with van der Waals surface area (Å²) in [6.45, 7) is 3.77. The highest BCUT2D eigenvalue weighted by molar-refractivity contribution is 5.87. The lowest BCUT2D eigenvalue weighted by Gasteiger charge is -1.94. The first-order valence-corrected chi connectivity index (χ1v) is 4.55. The molecule has 0 saturated carbocycles. The van der Waals surface area contributed by atoms with E-state index in [1.807, 2.05) is 38.2 Å². The zero-order valence-electron chi connectivity index (χ0n) is 8.60. The van der Waals surface area contributed by atoms with Crippen molar-refractivity contribution in [1.82, 2.24) is 0 Å². The summed E-state index contributed by atoms with van der Waals surface area (Å²) in [5, 5.41) is 8.80. The zero-order valence-corrected chi connectivity index (χ0v) is 8.60. The number of carboxylic acids is 1. The van der Waals surface area contributed by atoms with Gasteiger partial charge in [-0.1, -0.05) is 42.5 Å². The van der Waals surface area contributed by atoms with Crippen LogP contribution in [0.4, 0.5) is 0 Å². The number of aliphatic carboxylic acids is 1. The second-order valence-electron chi connectivity index (χ2n) is 2.68. The third kappa shape index (κ3) is 6.00. The van der Waals surface area contributed by atoms with E-state index in [1.165, 1.54) is 0 Å². The summed E-state index contributed by atoms with van der Waals surface area (Å²) in [6, 6.07) is 0. The minimum Gasteiger partial charge on any atom is -0.478 e. The summed E-state index contributed by atoms with van der Waals surface area (Å²) in [5.41, 5.74) is 0.392. The minimum atomic E-state index is -0.867. The molecule has 0 heterocycles. The molecule has 0 aromatic rings. The van der Waals surface area contributed by atoms with Gasteiger partial charge < -0.3 is 5.11 Å². The van der Waals surface area contributed by atoms with Crippen molar-refractivity contribution >= 4 is 5.97 Å². The Morgan fingerprint density at radius 2 is 1.79 bits per heavy atom. The van der Waals surface area contributed by atoms with Crippen molar-refractivity contribution in [2.75, 3.05) is 0 Å². The van der Waals surface area contributed by atoms with Crippen molar-refractivity contribution < 1.29 is 9.90 Å². The Hall–Kier alpha value is -1.57. The Kier molecular flexibility index (Phi) is 7.15. The van der Waals surface area contributed by atoms with E-state index < -0.39 is 5.97 Å². The molecule has 2 nitrogen and oxygen atoms in total. The highest BCUT2D eigenvalue weighted by atomic mass is 16.4. The molecule has 0 aliphatic rings. The lowest BCUT2D eigenvalue weighted by Crippen LogP contribution is -1.98. The predicted molar refractivity (Wildman–Crippen MR) is 59.1 cm³/mol. The molecule has 0 rings (SSSR count). The fourth-order valence-corrected chi connectivity index (χ4v) is 0.824. The topological polar surface area (TPSA) is 37.3 Å². The van der Waals surface area contributed by atoms with E-state index in [0.29, 0.717) is 12.0 Å². The third-order valence-corrected chi connectivity index (χ3v) is 1.54. The van der Waals surface area contributed by atoms with Crippen molar-refractivity contribution in [2.24, 2.45) is 0 Å². The second kappa shape index (κ2) is 8.05. The second-order valence-corrected chi connectivity index (χ2v) is 2.68. The van der Waals surface area contributed by atoms with Crippen LogP contribution in [0.1, 0.15) is 20.3 Å². The highest BCUT2D eigenvalue weighted by Gasteiger charge is 2.02. The zero-order chi connectivity index (χ0) is 10.8. The van der Waals surface area contributed by atoms with Crippen molar-refractivity contribution in [3.8, 4) is 0 Å². The van der Waals surface area contributed by atoms with E-state index in [1.54, 1.807) is 18.2 Å². The van der Waals surface area contributed by atoms with Crippen LogP contribution >= 0.6 is 0 Å². The van der Waals surface area contributed by atoms with Gasteiger partial charge in [0.1, 0.15) is 0 Å². The quantitative estimate of drug-likeness (QED) is 0.537. The third-order valence-electron chi connectivity index (χ3n) is 1.54. The van der Waals surface area contributed by atoms with E-state index in [4.69, 9.17) is 5.11 Å². The summed E-state index contributed by atoms with van der Waals surface area (Å²) >= 11 is 0. The highest BCUT2D eigenvalue weighted by Crippen LogP contribution is 2.03. The molecule has 0 amide bonds. The molecule has 0 saturated heterocycles. The number of hydrogen-bond donors (Lipinski definition) is 1. The van der Waals surface area contributed by atoms with Crippen LogP contribution in [0.2, 0.25) is 0 Å². The van der Waals surface area contributed by atoms with Crippen molar-refractivity contribution in [1.29, 1.82) is 0 Å². The maximum atomic E-state index is 10.7. The van der Waals surface area contributed by atoms with Crippen LogP contribution in [0, 0.1) is 0 Å². The molecule has 0 aromatic heterocycles. The number of allylic oxidation sites excluding steroid dienone is 7. The van der Waals surface area contributed by atoms with Crippen LogP contribution in [0.25, 0.3) is 0 Å². The first kappa shape index (κ1) is 12.4. The normalized spacial score (nSPS) is 13.4. The molecule has 0 atom stereocenters. The molecule has 1 N–H and O–H groups in total. The average molecular weight is 192 g/mol. The SMILES string of the molecule is CC=CC=CCC(=CC=CC)C(=O)O. The number of carboxylic acid groups (broad SMARTS) is 1. The first-order valence-electron chi connectivity index (χ1n) is 4.55.